The number of halogens is 1. The predicted molar refractivity (Wildman–Crippen MR) is 205 cm³/mol. The summed E-state index contributed by atoms with van der Waals surface area (Å²) >= 11 is 3.45. The van der Waals surface area contributed by atoms with E-state index in [1.54, 1.807) is 18.1 Å². The Balaban J connectivity index is 1.22. The number of benzene rings is 4. The van der Waals surface area contributed by atoms with Crippen molar-refractivity contribution in [2.45, 2.75) is 31.5 Å². The van der Waals surface area contributed by atoms with Gasteiger partial charge in [0.25, 0.3) is 5.91 Å². The fourth-order valence-corrected chi connectivity index (χ4v) is 6.69. The first kappa shape index (κ1) is 36.7. The number of carbonyl (C=O) groups is 4. The third-order valence-corrected chi connectivity index (χ3v) is 9.81. The average Bonchev–Trinajstić information content (AvgIpc) is 3.60. The third kappa shape index (κ3) is 9.64. The minimum absolute atomic E-state index is 0.203. The third-order valence-electron chi connectivity index (χ3n) is 9.28. The van der Waals surface area contributed by atoms with Crippen LogP contribution in [0.15, 0.2) is 102 Å². The molecule has 4 N–H and O–H groups in total. The molecule has 6 rings (SSSR count). The molecule has 270 valence electrons. The van der Waals surface area contributed by atoms with Gasteiger partial charge in [-0.3, -0.25) is 24.1 Å². The number of H-pyrrole nitrogens is 1. The van der Waals surface area contributed by atoms with Crippen LogP contribution in [-0.2, 0) is 32.1 Å². The molecule has 11 nitrogen and oxygen atoms in total. The Hall–Kier alpha value is -5.04. The van der Waals surface area contributed by atoms with E-state index < -0.39 is 29.8 Å². The molecule has 4 amide bonds. The van der Waals surface area contributed by atoms with E-state index >= 15 is 0 Å². The number of hydrogen-bond acceptors (Lipinski definition) is 6. The van der Waals surface area contributed by atoms with Crippen LogP contribution in [0.2, 0.25) is 0 Å². The number of aromatic nitrogens is 1. The van der Waals surface area contributed by atoms with E-state index in [4.69, 9.17) is 4.74 Å². The highest BCUT2D eigenvalue weighted by atomic mass is 79.9. The maximum atomic E-state index is 14.2. The summed E-state index contributed by atoms with van der Waals surface area (Å²) in [7, 11) is 1.70. The second-order valence-electron chi connectivity index (χ2n) is 13.0. The molecule has 2 atom stereocenters. The molecule has 4 aromatic carbocycles. The first-order chi connectivity index (χ1) is 25.2. The standard InChI is InChI=1S/C40H43BrN6O5/c1-46(26-27-11-14-31(41)15-12-27)40(51)36(23-28-10-13-29-6-2-3-7-30(29)22-28)45-39(50)35(24-37(48)42-16-17-47-18-20-52-21-19-47)44-38(49)33-25-43-34-9-5-4-8-32(33)34/h2-15,22,25,35-36,43H,16-21,23-24,26H2,1H3,(H,42,48)(H,44,49)(H,45,50)/t35-,36-/m0/s1. The lowest BCUT2D eigenvalue weighted by atomic mass is 10.00. The monoisotopic (exact) mass is 766 g/mol. The summed E-state index contributed by atoms with van der Waals surface area (Å²) in [4.78, 5) is 62.1. The van der Waals surface area contributed by atoms with Crippen LogP contribution in [0.4, 0.5) is 0 Å². The molecule has 5 aromatic rings. The van der Waals surface area contributed by atoms with Gasteiger partial charge in [-0.05, 0) is 40.1 Å². The first-order valence-corrected chi connectivity index (χ1v) is 18.2. The predicted octanol–water partition coefficient (Wildman–Crippen LogP) is 4.41. The maximum Gasteiger partial charge on any atom is 0.254 e. The van der Waals surface area contributed by atoms with Gasteiger partial charge in [0.1, 0.15) is 12.1 Å². The largest absolute Gasteiger partial charge is 0.379 e. The van der Waals surface area contributed by atoms with Crippen molar-refractivity contribution in [3.8, 4) is 0 Å². The van der Waals surface area contributed by atoms with Gasteiger partial charge in [0, 0.05) is 67.8 Å². The fraction of sp³-hybridized carbons (Fsp3) is 0.300. The quantitative estimate of drug-likeness (QED) is 0.132. The van der Waals surface area contributed by atoms with Gasteiger partial charge < -0.3 is 30.6 Å². The van der Waals surface area contributed by atoms with Gasteiger partial charge in [-0.15, -0.1) is 0 Å². The molecule has 2 heterocycles. The van der Waals surface area contributed by atoms with E-state index in [0.717, 1.165) is 45.0 Å². The van der Waals surface area contributed by atoms with E-state index in [1.807, 2.05) is 91.0 Å². The highest BCUT2D eigenvalue weighted by Gasteiger charge is 2.31. The Labute approximate surface area is 311 Å². The Morgan fingerprint density at radius 3 is 2.37 bits per heavy atom. The zero-order valence-corrected chi connectivity index (χ0v) is 30.7. The van der Waals surface area contributed by atoms with E-state index in [9.17, 15) is 19.2 Å². The lowest BCUT2D eigenvalue weighted by Crippen LogP contribution is -2.55. The number of likely N-dealkylation sites (N-methyl/N-ethyl adjacent to an activating group) is 1. The van der Waals surface area contributed by atoms with E-state index in [0.29, 0.717) is 43.8 Å². The highest BCUT2D eigenvalue weighted by Crippen LogP contribution is 2.20. The van der Waals surface area contributed by atoms with Crippen LogP contribution in [0.5, 0.6) is 0 Å². The van der Waals surface area contributed by atoms with Crippen molar-refractivity contribution in [1.29, 1.82) is 0 Å². The summed E-state index contributed by atoms with van der Waals surface area (Å²) < 4.78 is 6.34. The minimum atomic E-state index is -1.26. The van der Waals surface area contributed by atoms with Crippen LogP contribution >= 0.6 is 15.9 Å². The molecule has 0 saturated carbocycles. The molecule has 52 heavy (non-hydrogen) atoms. The summed E-state index contributed by atoms with van der Waals surface area (Å²) in [5, 5.41) is 11.4. The molecule has 1 aromatic heterocycles. The van der Waals surface area contributed by atoms with Crippen LogP contribution < -0.4 is 16.0 Å². The van der Waals surface area contributed by atoms with Crippen molar-refractivity contribution in [3.05, 3.63) is 118 Å². The number of nitrogens with zero attached hydrogens (tertiary/aromatic N) is 2. The minimum Gasteiger partial charge on any atom is -0.379 e. The lowest BCUT2D eigenvalue weighted by molar-refractivity contribution is -0.136. The molecule has 0 unspecified atom stereocenters. The van der Waals surface area contributed by atoms with Crippen molar-refractivity contribution >= 4 is 61.2 Å². The van der Waals surface area contributed by atoms with Crippen molar-refractivity contribution < 1.29 is 23.9 Å². The van der Waals surface area contributed by atoms with Crippen LogP contribution in [0.1, 0.15) is 27.9 Å². The molecule has 0 spiro atoms. The van der Waals surface area contributed by atoms with E-state index in [2.05, 4.69) is 41.8 Å². The zero-order valence-electron chi connectivity index (χ0n) is 29.1. The zero-order chi connectivity index (χ0) is 36.5. The first-order valence-electron chi connectivity index (χ1n) is 17.4. The van der Waals surface area contributed by atoms with E-state index in [-0.39, 0.29) is 18.7 Å². The Bertz CT molecular complexity index is 2030. The number of aromatic amines is 1. The van der Waals surface area contributed by atoms with Crippen LogP contribution in [0.3, 0.4) is 0 Å². The van der Waals surface area contributed by atoms with Gasteiger partial charge in [-0.2, -0.15) is 0 Å². The number of fused-ring (bicyclic) bond motifs is 2. The number of hydrogen-bond donors (Lipinski definition) is 4. The van der Waals surface area contributed by atoms with Crippen LogP contribution in [0, 0.1) is 0 Å². The Kier molecular flexibility index (Phi) is 12.3. The van der Waals surface area contributed by atoms with Crippen LogP contribution in [0.25, 0.3) is 21.7 Å². The number of para-hydroxylation sites is 1. The second kappa shape index (κ2) is 17.5. The average molecular weight is 768 g/mol. The van der Waals surface area contributed by atoms with Gasteiger partial charge >= 0.3 is 0 Å². The SMILES string of the molecule is CN(Cc1ccc(Br)cc1)C(=O)[C@H](Cc1ccc2ccccc2c1)NC(=O)[C@H](CC(=O)NCCN1CCOCC1)NC(=O)c1c[nH]c2ccccc12. The number of carbonyl (C=O) groups excluding carboxylic acids is 4. The molecule has 0 aliphatic carbocycles. The number of amides is 4. The smallest absolute Gasteiger partial charge is 0.254 e. The summed E-state index contributed by atoms with van der Waals surface area (Å²) in [6.07, 6.45) is 1.48. The molecular formula is C40H43BrN6O5. The molecular weight excluding hydrogens is 724 g/mol. The molecule has 1 fully saturated rings. The molecule has 0 bridgehead atoms. The molecule has 1 saturated heterocycles. The van der Waals surface area contributed by atoms with Crippen LogP contribution in [-0.4, -0.2) is 96.9 Å². The van der Waals surface area contributed by atoms with Gasteiger partial charge in [-0.1, -0.05) is 88.7 Å². The molecule has 1 aliphatic heterocycles. The van der Waals surface area contributed by atoms with Crippen molar-refractivity contribution in [1.82, 2.24) is 30.7 Å². The van der Waals surface area contributed by atoms with E-state index in [1.165, 1.54) is 0 Å². The Morgan fingerprint density at radius 1 is 0.865 bits per heavy atom. The van der Waals surface area contributed by atoms with Gasteiger partial charge in [-0.25, -0.2) is 0 Å². The summed E-state index contributed by atoms with van der Waals surface area (Å²) in [5.41, 5.74) is 2.89. The number of nitrogens with one attached hydrogen (secondary N) is 4. The maximum absolute atomic E-state index is 14.2. The summed E-state index contributed by atoms with van der Waals surface area (Å²) in [6.45, 7) is 4.20. The highest BCUT2D eigenvalue weighted by molar-refractivity contribution is 9.10. The molecule has 1 aliphatic rings. The van der Waals surface area contributed by atoms with Crippen molar-refractivity contribution in [2.24, 2.45) is 0 Å². The number of rotatable bonds is 14. The topological polar surface area (TPSA) is 136 Å². The van der Waals surface area contributed by atoms with Crippen molar-refractivity contribution in [2.75, 3.05) is 46.4 Å². The number of morpholine rings is 1. The summed E-state index contributed by atoms with van der Waals surface area (Å²) in [6, 6.07) is 26.7. The second-order valence-corrected chi connectivity index (χ2v) is 14.0. The van der Waals surface area contributed by atoms with Crippen molar-refractivity contribution in [3.63, 3.8) is 0 Å². The van der Waals surface area contributed by atoms with Gasteiger partial charge in [0.05, 0.1) is 25.2 Å². The van der Waals surface area contributed by atoms with Gasteiger partial charge in [0.2, 0.25) is 17.7 Å². The summed E-state index contributed by atoms with van der Waals surface area (Å²) in [5.74, 6) is -1.84. The normalized spacial score (nSPS) is 14.4. The molecule has 0 radical (unpaired) electrons. The Morgan fingerprint density at radius 2 is 1.58 bits per heavy atom. The fourth-order valence-electron chi connectivity index (χ4n) is 6.42. The molecule has 12 heteroatoms. The van der Waals surface area contributed by atoms with Gasteiger partial charge in [0.15, 0.2) is 0 Å². The lowest BCUT2D eigenvalue weighted by Gasteiger charge is -2.27. The number of ether oxygens (including phenoxy) is 1.